The Labute approximate surface area is 145 Å². The quantitative estimate of drug-likeness (QED) is 0.874. The standard InChI is InChI=1S/C20H20FNO3/c21-16-8-5-13(6-9-16)14-7-10-17(11-14)22-19(23)12-15-3-1-2-4-18(15)20(24)25/h1-6,8-9,14,17H,7,10-12H2,(H,22,23)(H,24,25). The highest BCUT2D eigenvalue weighted by Crippen LogP contribution is 2.34. The molecule has 2 aromatic rings. The molecule has 25 heavy (non-hydrogen) atoms. The average molecular weight is 341 g/mol. The molecule has 0 saturated heterocycles. The van der Waals surface area contributed by atoms with Gasteiger partial charge in [0.05, 0.1) is 12.0 Å². The minimum absolute atomic E-state index is 0.0557. The zero-order valence-corrected chi connectivity index (χ0v) is 13.7. The number of halogens is 1. The van der Waals surface area contributed by atoms with Crippen molar-refractivity contribution in [2.75, 3.05) is 0 Å². The van der Waals surface area contributed by atoms with Crippen LogP contribution in [-0.4, -0.2) is 23.0 Å². The van der Waals surface area contributed by atoms with Gasteiger partial charge in [-0.1, -0.05) is 30.3 Å². The summed E-state index contributed by atoms with van der Waals surface area (Å²) in [5, 5.41) is 12.2. The number of nitrogens with one attached hydrogen (secondary N) is 1. The SMILES string of the molecule is O=C(Cc1ccccc1C(=O)O)NC1CCC(c2ccc(F)cc2)C1. The lowest BCUT2D eigenvalue weighted by atomic mass is 9.97. The predicted octanol–water partition coefficient (Wildman–Crippen LogP) is 3.52. The van der Waals surface area contributed by atoms with Crippen molar-refractivity contribution in [1.29, 1.82) is 0 Å². The van der Waals surface area contributed by atoms with Gasteiger partial charge >= 0.3 is 5.97 Å². The number of carbonyl (C=O) groups is 2. The summed E-state index contributed by atoms with van der Waals surface area (Å²) in [6.07, 6.45) is 2.69. The fourth-order valence-electron chi connectivity index (χ4n) is 3.49. The summed E-state index contributed by atoms with van der Waals surface area (Å²) >= 11 is 0. The molecule has 1 saturated carbocycles. The Hall–Kier alpha value is -2.69. The van der Waals surface area contributed by atoms with Crippen LogP contribution in [0.2, 0.25) is 0 Å². The number of aromatic carboxylic acids is 1. The maximum atomic E-state index is 13.0. The first-order valence-electron chi connectivity index (χ1n) is 8.39. The summed E-state index contributed by atoms with van der Waals surface area (Å²) < 4.78 is 13.0. The van der Waals surface area contributed by atoms with Crippen LogP contribution in [0, 0.1) is 5.82 Å². The van der Waals surface area contributed by atoms with Gasteiger partial charge in [-0.15, -0.1) is 0 Å². The van der Waals surface area contributed by atoms with Gasteiger partial charge in [-0.05, 0) is 54.5 Å². The molecule has 0 bridgehead atoms. The van der Waals surface area contributed by atoms with Gasteiger partial charge < -0.3 is 10.4 Å². The van der Waals surface area contributed by atoms with Crippen molar-refractivity contribution in [3.63, 3.8) is 0 Å². The van der Waals surface area contributed by atoms with Crippen molar-refractivity contribution in [2.24, 2.45) is 0 Å². The Kier molecular flexibility index (Phi) is 5.12. The van der Waals surface area contributed by atoms with Crippen LogP contribution in [0.3, 0.4) is 0 Å². The van der Waals surface area contributed by atoms with Crippen LogP contribution in [0.25, 0.3) is 0 Å². The fraction of sp³-hybridized carbons (Fsp3) is 0.300. The highest BCUT2D eigenvalue weighted by molar-refractivity contribution is 5.91. The van der Waals surface area contributed by atoms with Crippen molar-refractivity contribution < 1.29 is 19.1 Å². The van der Waals surface area contributed by atoms with E-state index in [-0.39, 0.29) is 29.8 Å². The molecule has 2 atom stereocenters. The van der Waals surface area contributed by atoms with E-state index in [1.807, 2.05) is 0 Å². The van der Waals surface area contributed by atoms with Crippen LogP contribution in [0.5, 0.6) is 0 Å². The minimum Gasteiger partial charge on any atom is -0.478 e. The Morgan fingerprint density at radius 2 is 1.80 bits per heavy atom. The lowest BCUT2D eigenvalue weighted by Gasteiger charge is -2.14. The second-order valence-corrected chi connectivity index (χ2v) is 6.47. The van der Waals surface area contributed by atoms with Gasteiger partial charge in [-0.25, -0.2) is 9.18 Å². The summed E-state index contributed by atoms with van der Waals surface area (Å²) in [7, 11) is 0. The van der Waals surface area contributed by atoms with E-state index < -0.39 is 5.97 Å². The predicted molar refractivity (Wildman–Crippen MR) is 92.0 cm³/mol. The van der Waals surface area contributed by atoms with Gasteiger partial charge in [0.15, 0.2) is 0 Å². The fourth-order valence-corrected chi connectivity index (χ4v) is 3.49. The zero-order valence-electron chi connectivity index (χ0n) is 13.7. The van der Waals surface area contributed by atoms with E-state index in [1.54, 1.807) is 30.3 Å². The van der Waals surface area contributed by atoms with Gasteiger partial charge in [0.2, 0.25) is 5.91 Å². The van der Waals surface area contributed by atoms with Gasteiger partial charge in [0.1, 0.15) is 5.82 Å². The summed E-state index contributed by atoms with van der Waals surface area (Å²) in [6, 6.07) is 13.1. The normalized spacial score (nSPS) is 19.6. The first-order chi connectivity index (χ1) is 12.0. The van der Waals surface area contributed by atoms with Gasteiger partial charge in [0, 0.05) is 6.04 Å². The maximum absolute atomic E-state index is 13.0. The van der Waals surface area contributed by atoms with Gasteiger partial charge in [0.25, 0.3) is 0 Å². The Bertz CT molecular complexity index is 773. The molecule has 1 amide bonds. The Morgan fingerprint density at radius 1 is 1.08 bits per heavy atom. The van der Waals surface area contributed by atoms with E-state index >= 15 is 0 Å². The topological polar surface area (TPSA) is 66.4 Å². The van der Waals surface area contributed by atoms with Crippen LogP contribution < -0.4 is 5.32 Å². The number of carbonyl (C=O) groups excluding carboxylic acids is 1. The highest BCUT2D eigenvalue weighted by Gasteiger charge is 2.27. The second kappa shape index (κ2) is 7.47. The summed E-state index contributed by atoms with van der Waals surface area (Å²) in [4.78, 5) is 23.5. The number of carboxylic acids is 1. The van der Waals surface area contributed by atoms with Crippen molar-refractivity contribution in [1.82, 2.24) is 5.32 Å². The summed E-state index contributed by atoms with van der Waals surface area (Å²) in [5.41, 5.74) is 1.77. The molecule has 0 heterocycles. The first-order valence-corrected chi connectivity index (χ1v) is 8.39. The molecular weight excluding hydrogens is 321 g/mol. The van der Waals surface area contributed by atoms with Crippen LogP contribution in [-0.2, 0) is 11.2 Å². The molecule has 2 aromatic carbocycles. The number of hydrogen-bond acceptors (Lipinski definition) is 2. The Balaban J connectivity index is 1.57. The van der Waals surface area contributed by atoms with E-state index in [0.717, 1.165) is 24.8 Å². The molecule has 0 spiro atoms. The highest BCUT2D eigenvalue weighted by atomic mass is 19.1. The Morgan fingerprint density at radius 3 is 2.52 bits per heavy atom. The van der Waals surface area contributed by atoms with E-state index in [4.69, 9.17) is 0 Å². The average Bonchev–Trinajstić information content (AvgIpc) is 3.04. The molecular formula is C20H20FNO3. The third-order valence-electron chi connectivity index (χ3n) is 4.74. The largest absolute Gasteiger partial charge is 0.478 e. The second-order valence-electron chi connectivity index (χ2n) is 6.47. The minimum atomic E-state index is -1.03. The van der Waals surface area contributed by atoms with E-state index in [2.05, 4.69) is 5.32 Å². The number of rotatable bonds is 5. The monoisotopic (exact) mass is 341 g/mol. The summed E-state index contributed by atoms with van der Waals surface area (Å²) in [6.45, 7) is 0. The van der Waals surface area contributed by atoms with Crippen molar-refractivity contribution in [3.05, 3.63) is 71.0 Å². The molecule has 1 aliphatic carbocycles. The number of benzene rings is 2. The first kappa shape index (κ1) is 17.1. The molecule has 0 aromatic heterocycles. The van der Waals surface area contributed by atoms with Gasteiger partial charge in [-0.3, -0.25) is 4.79 Å². The number of hydrogen-bond donors (Lipinski definition) is 2. The van der Waals surface area contributed by atoms with Crippen LogP contribution in [0.4, 0.5) is 4.39 Å². The van der Waals surface area contributed by atoms with Gasteiger partial charge in [-0.2, -0.15) is 0 Å². The third-order valence-corrected chi connectivity index (χ3v) is 4.74. The molecule has 2 N–H and O–H groups in total. The lowest BCUT2D eigenvalue weighted by Crippen LogP contribution is -2.34. The van der Waals surface area contributed by atoms with Crippen LogP contribution >= 0.6 is 0 Å². The molecule has 130 valence electrons. The van der Waals surface area contributed by atoms with Crippen molar-refractivity contribution in [2.45, 2.75) is 37.6 Å². The maximum Gasteiger partial charge on any atom is 0.335 e. The molecule has 5 heteroatoms. The zero-order chi connectivity index (χ0) is 17.8. The molecule has 1 fully saturated rings. The lowest BCUT2D eigenvalue weighted by molar-refractivity contribution is -0.121. The summed E-state index contributed by atoms with van der Waals surface area (Å²) in [5.74, 6) is -1.13. The molecule has 0 radical (unpaired) electrons. The molecule has 4 nitrogen and oxygen atoms in total. The van der Waals surface area contributed by atoms with Crippen LogP contribution in [0.1, 0.15) is 46.7 Å². The molecule has 0 aliphatic heterocycles. The molecule has 1 aliphatic rings. The van der Waals surface area contributed by atoms with E-state index in [0.29, 0.717) is 11.5 Å². The number of carboxylic acid groups (broad SMARTS) is 1. The third kappa shape index (κ3) is 4.24. The van der Waals surface area contributed by atoms with Crippen LogP contribution in [0.15, 0.2) is 48.5 Å². The van der Waals surface area contributed by atoms with Crippen molar-refractivity contribution in [3.8, 4) is 0 Å². The van der Waals surface area contributed by atoms with E-state index in [9.17, 15) is 19.1 Å². The molecule has 3 rings (SSSR count). The smallest absolute Gasteiger partial charge is 0.335 e. The van der Waals surface area contributed by atoms with Crippen molar-refractivity contribution >= 4 is 11.9 Å². The molecule has 2 unspecified atom stereocenters. The van der Waals surface area contributed by atoms with E-state index in [1.165, 1.54) is 18.2 Å². The number of amides is 1.